The maximum Gasteiger partial charge on any atom is 0.227 e. The summed E-state index contributed by atoms with van der Waals surface area (Å²) in [5.74, 6) is 0.676. The Morgan fingerprint density at radius 3 is 2.63 bits per heavy atom. The molecule has 2 aromatic rings. The minimum absolute atomic E-state index is 0.149. The molecular formula is C17H23ClN4O4S. The van der Waals surface area contributed by atoms with Crippen LogP contribution < -0.4 is 5.32 Å². The molecule has 0 bridgehead atoms. The number of halogens is 1. The molecule has 0 radical (unpaired) electrons. The first kappa shape index (κ1) is 21.3. The molecule has 0 atom stereocenters. The Morgan fingerprint density at radius 2 is 2.00 bits per heavy atom. The van der Waals surface area contributed by atoms with Crippen LogP contribution in [0.5, 0.6) is 0 Å². The van der Waals surface area contributed by atoms with Crippen LogP contribution in [-0.4, -0.2) is 54.7 Å². The van der Waals surface area contributed by atoms with Crippen molar-refractivity contribution in [2.45, 2.75) is 26.2 Å². The van der Waals surface area contributed by atoms with E-state index in [9.17, 15) is 13.2 Å². The van der Waals surface area contributed by atoms with Gasteiger partial charge < -0.3 is 9.84 Å². The van der Waals surface area contributed by atoms with E-state index in [1.165, 1.54) is 10.6 Å². The molecule has 1 amide bonds. The first-order valence-corrected chi connectivity index (χ1v) is 10.8. The fraction of sp³-hybridized carbons (Fsp3) is 0.471. The van der Waals surface area contributed by atoms with E-state index < -0.39 is 10.0 Å². The number of nitrogens with one attached hydrogen (secondary N) is 1. The monoisotopic (exact) mass is 414 g/mol. The van der Waals surface area contributed by atoms with Gasteiger partial charge in [0.1, 0.15) is 0 Å². The average Bonchev–Trinajstić information content (AvgIpc) is 3.08. The van der Waals surface area contributed by atoms with Gasteiger partial charge >= 0.3 is 0 Å². The van der Waals surface area contributed by atoms with Crippen LogP contribution in [0.2, 0.25) is 5.02 Å². The maximum atomic E-state index is 11.9. The summed E-state index contributed by atoms with van der Waals surface area (Å²) in [6, 6.07) is 7.06. The van der Waals surface area contributed by atoms with Crippen LogP contribution >= 0.6 is 11.6 Å². The van der Waals surface area contributed by atoms with Gasteiger partial charge in [0.15, 0.2) is 0 Å². The predicted octanol–water partition coefficient (Wildman–Crippen LogP) is 2.11. The molecule has 0 spiro atoms. The quantitative estimate of drug-likeness (QED) is 0.597. The molecule has 0 aliphatic rings. The Bertz CT molecular complexity index is 852. The van der Waals surface area contributed by atoms with Gasteiger partial charge in [-0.1, -0.05) is 23.7 Å². The number of nitrogens with zero attached hydrogens (tertiary/aromatic N) is 3. The van der Waals surface area contributed by atoms with E-state index in [1.807, 2.05) is 0 Å². The number of sulfonamides is 1. The largest absolute Gasteiger partial charge is 0.356 e. The van der Waals surface area contributed by atoms with Crippen molar-refractivity contribution in [2.24, 2.45) is 0 Å². The highest BCUT2D eigenvalue weighted by molar-refractivity contribution is 7.88. The van der Waals surface area contributed by atoms with Crippen molar-refractivity contribution in [3.05, 3.63) is 35.2 Å². The summed E-state index contributed by atoms with van der Waals surface area (Å²) in [6.07, 6.45) is 2.27. The second kappa shape index (κ2) is 9.82. The Kier molecular flexibility index (Phi) is 7.76. The van der Waals surface area contributed by atoms with E-state index >= 15 is 0 Å². The zero-order valence-electron chi connectivity index (χ0n) is 15.3. The van der Waals surface area contributed by atoms with E-state index in [0.717, 1.165) is 5.56 Å². The molecular weight excluding hydrogens is 392 g/mol. The molecule has 1 aromatic heterocycles. The fourth-order valence-corrected chi connectivity index (χ4v) is 3.48. The van der Waals surface area contributed by atoms with E-state index in [1.54, 1.807) is 31.2 Å². The molecule has 2 rings (SSSR count). The van der Waals surface area contributed by atoms with Gasteiger partial charge in [0.05, 0.1) is 6.26 Å². The minimum atomic E-state index is -3.20. The lowest BCUT2D eigenvalue weighted by Crippen LogP contribution is -2.33. The number of rotatable bonds is 10. The van der Waals surface area contributed by atoms with E-state index in [0.29, 0.717) is 49.2 Å². The first-order valence-electron chi connectivity index (χ1n) is 8.60. The highest BCUT2D eigenvalue weighted by Gasteiger charge is 2.14. The van der Waals surface area contributed by atoms with Crippen molar-refractivity contribution >= 4 is 27.5 Å². The smallest absolute Gasteiger partial charge is 0.227 e. The summed E-state index contributed by atoms with van der Waals surface area (Å²) in [6.45, 7) is 2.98. The van der Waals surface area contributed by atoms with Crippen LogP contribution in [0.3, 0.4) is 0 Å². The average molecular weight is 415 g/mol. The first-order chi connectivity index (χ1) is 12.8. The maximum absolute atomic E-state index is 11.9. The van der Waals surface area contributed by atoms with Gasteiger partial charge in [0, 0.05) is 43.1 Å². The molecule has 0 unspecified atom stereocenters. The highest BCUT2D eigenvalue weighted by Crippen LogP contribution is 2.18. The van der Waals surface area contributed by atoms with E-state index in [2.05, 4.69) is 15.5 Å². The lowest BCUT2D eigenvalue weighted by molar-refractivity contribution is -0.121. The number of hydrogen-bond donors (Lipinski definition) is 1. The van der Waals surface area contributed by atoms with Crippen molar-refractivity contribution in [1.82, 2.24) is 19.8 Å². The standard InChI is InChI=1S/C17H23ClN4O4S/c1-3-22(27(2,24)25)12-4-11-19-15(23)9-10-16-20-17(21-26-16)13-5-7-14(18)8-6-13/h5-8H,3-4,9-12H2,1-2H3,(H,19,23). The molecule has 27 heavy (non-hydrogen) atoms. The normalized spacial score (nSPS) is 11.7. The van der Waals surface area contributed by atoms with Crippen LogP contribution in [-0.2, 0) is 21.2 Å². The molecule has 1 N–H and O–H groups in total. The van der Waals surface area contributed by atoms with Crippen LogP contribution in [0.1, 0.15) is 25.7 Å². The summed E-state index contributed by atoms with van der Waals surface area (Å²) < 4.78 is 29.5. The Balaban J connectivity index is 1.72. The number of amides is 1. The van der Waals surface area contributed by atoms with Gasteiger partial charge in [-0.05, 0) is 30.7 Å². The van der Waals surface area contributed by atoms with E-state index in [4.69, 9.17) is 16.1 Å². The molecule has 0 saturated heterocycles. The predicted molar refractivity (Wildman–Crippen MR) is 103 cm³/mol. The molecule has 148 valence electrons. The van der Waals surface area contributed by atoms with Gasteiger partial charge in [0.2, 0.25) is 27.6 Å². The number of carbonyl (C=O) groups is 1. The zero-order chi connectivity index (χ0) is 19.9. The van der Waals surface area contributed by atoms with Crippen molar-refractivity contribution in [2.75, 3.05) is 25.9 Å². The van der Waals surface area contributed by atoms with E-state index in [-0.39, 0.29) is 12.3 Å². The van der Waals surface area contributed by atoms with Gasteiger partial charge in [-0.3, -0.25) is 4.79 Å². The van der Waals surface area contributed by atoms with Gasteiger partial charge in [-0.25, -0.2) is 12.7 Å². The topological polar surface area (TPSA) is 105 Å². The van der Waals surface area contributed by atoms with Crippen molar-refractivity contribution < 1.29 is 17.7 Å². The molecule has 0 aliphatic heterocycles. The second-order valence-electron chi connectivity index (χ2n) is 5.98. The van der Waals surface area contributed by atoms with Crippen LogP contribution in [0, 0.1) is 0 Å². The molecule has 0 saturated carbocycles. The SMILES string of the molecule is CCN(CCCNC(=O)CCc1nc(-c2ccc(Cl)cc2)no1)S(C)(=O)=O. The van der Waals surface area contributed by atoms with Gasteiger partial charge in [-0.2, -0.15) is 4.98 Å². The second-order valence-corrected chi connectivity index (χ2v) is 8.40. The van der Waals surface area contributed by atoms with Crippen LogP contribution in [0.15, 0.2) is 28.8 Å². The Morgan fingerprint density at radius 1 is 1.30 bits per heavy atom. The molecule has 8 nitrogen and oxygen atoms in total. The van der Waals surface area contributed by atoms with Gasteiger partial charge in [-0.15, -0.1) is 0 Å². The van der Waals surface area contributed by atoms with Crippen molar-refractivity contribution in [1.29, 1.82) is 0 Å². The zero-order valence-corrected chi connectivity index (χ0v) is 16.9. The van der Waals surface area contributed by atoms with Crippen LogP contribution in [0.25, 0.3) is 11.4 Å². The summed E-state index contributed by atoms with van der Waals surface area (Å²) in [7, 11) is -3.20. The number of carbonyl (C=O) groups excluding carboxylic acids is 1. The lowest BCUT2D eigenvalue weighted by atomic mass is 10.2. The van der Waals surface area contributed by atoms with Gasteiger partial charge in [0.25, 0.3) is 0 Å². The minimum Gasteiger partial charge on any atom is -0.356 e. The lowest BCUT2D eigenvalue weighted by Gasteiger charge is -2.17. The van der Waals surface area contributed by atoms with Crippen LogP contribution in [0.4, 0.5) is 0 Å². The number of hydrogen-bond acceptors (Lipinski definition) is 6. The molecule has 0 fully saturated rings. The molecule has 1 aromatic carbocycles. The third-order valence-electron chi connectivity index (χ3n) is 3.86. The third-order valence-corrected chi connectivity index (χ3v) is 5.50. The third kappa shape index (κ3) is 6.93. The Hall–Kier alpha value is -1.97. The molecule has 10 heteroatoms. The summed E-state index contributed by atoms with van der Waals surface area (Å²) in [5, 5.41) is 7.28. The molecule has 0 aliphatic carbocycles. The fourth-order valence-electron chi connectivity index (χ4n) is 2.42. The van der Waals surface area contributed by atoms with Crippen molar-refractivity contribution in [3.8, 4) is 11.4 Å². The Labute approximate surface area is 163 Å². The van der Waals surface area contributed by atoms with Crippen molar-refractivity contribution in [3.63, 3.8) is 0 Å². The molecule has 1 heterocycles. The summed E-state index contributed by atoms with van der Waals surface area (Å²) in [5.41, 5.74) is 0.783. The number of aromatic nitrogens is 2. The number of aryl methyl sites for hydroxylation is 1. The summed E-state index contributed by atoms with van der Waals surface area (Å²) >= 11 is 5.85. The summed E-state index contributed by atoms with van der Waals surface area (Å²) in [4.78, 5) is 16.2. The highest BCUT2D eigenvalue weighted by atomic mass is 35.5. The number of benzene rings is 1.